The van der Waals surface area contributed by atoms with E-state index in [1.54, 1.807) is 29.2 Å². The van der Waals surface area contributed by atoms with Crippen LogP contribution in [0.25, 0.3) is 0 Å². The minimum absolute atomic E-state index is 0.0959. The average molecular weight is 419 g/mol. The van der Waals surface area contributed by atoms with Gasteiger partial charge in [0.05, 0.1) is 18.0 Å². The molecule has 0 spiro atoms. The Kier molecular flexibility index (Phi) is 5.18. The summed E-state index contributed by atoms with van der Waals surface area (Å²) in [5.74, 6) is -0.234. The van der Waals surface area contributed by atoms with Crippen LogP contribution in [0.2, 0.25) is 0 Å². The zero-order valence-electron chi connectivity index (χ0n) is 15.8. The van der Waals surface area contributed by atoms with Gasteiger partial charge in [0.2, 0.25) is 10.0 Å². The third-order valence-corrected chi connectivity index (χ3v) is 7.01. The molecule has 1 aliphatic heterocycles. The normalized spacial score (nSPS) is 23.2. The van der Waals surface area contributed by atoms with E-state index >= 15 is 0 Å². The van der Waals surface area contributed by atoms with Gasteiger partial charge in [-0.3, -0.25) is 0 Å². The van der Waals surface area contributed by atoms with E-state index in [9.17, 15) is 17.6 Å². The minimum Gasteiger partial charge on any atom is -0.494 e. The monoisotopic (exact) mass is 419 g/mol. The highest BCUT2D eigenvalue weighted by Crippen LogP contribution is 2.38. The van der Waals surface area contributed by atoms with E-state index in [0.717, 1.165) is 6.42 Å². The topological polar surface area (TPSA) is 87.7 Å². The molecule has 1 aliphatic carbocycles. The molecule has 2 bridgehead atoms. The van der Waals surface area contributed by atoms with Crippen LogP contribution in [0, 0.1) is 11.7 Å². The van der Waals surface area contributed by atoms with E-state index in [1.165, 1.54) is 31.4 Å². The molecule has 9 heteroatoms. The number of carbonyl (C=O) groups is 1. The van der Waals surface area contributed by atoms with Crippen LogP contribution >= 0.6 is 0 Å². The molecule has 0 radical (unpaired) electrons. The number of nitrogens with zero attached hydrogens (tertiary/aromatic N) is 1. The molecule has 0 unspecified atom stereocenters. The standard InChI is InChI=1S/C20H22FN3O4S/c1-28-19-8-7-14(11-16(19)21)22-20(25)24-12-13-9-17(18(24)10-13)23-29(26,27)15-5-3-2-4-6-15/h2-8,11,13,17-18,23H,9-10,12H2,1H3,(H,22,25)/t13-,17+,18-/m1/s1. The summed E-state index contributed by atoms with van der Waals surface area (Å²) in [6.45, 7) is 0.554. The van der Waals surface area contributed by atoms with Gasteiger partial charge in [-0.05, 0) is 43.0 Å². The van der Waals surface area contributed by atoms with Crippen LogP contribution in [0.1, 0.15) is 12.8 Å². The molecule has 1 heterocycles. The molecule has 1 saturated carbocycles. The maximum atomic E-state index is 13.9. The molecule has 2 aromatic carbocycles. The molecular formula is C20H22FN3O4S. The summed E-state index contributed by atoms with van der Waals surface area (Å²) in [5, 5.41) is 2.69. The van der Waals surface area contributed by atoms with Gasteiger partial charge in [0.1, 0.15) is 0 Å². The Morgan fingerprint density at radius 1 is 1.17 bits per heavy atom. The number of piperidine rings is 1. The van der Waals surface area contributed by atoms with Crippen LogP contribution in [-0.4, -0.2) is 45.1 Å². The van der Waals surface area contributed by atoms with Crippen molar-refractivity contribution in [3.63, 3.8) is 0 Å². The van der Waals surface area contributed by atoms with Gasteiger partial charge in [0.15, 0.2) is 11.6 Å². The maximum Gasteiger partial charge on any atom is 0.322 e. The molecular weight excluding hydrogens is 397 g/mol. The fourth-order valence-corrected chi connectivity index (χ4v) is 5.50. The van der Waals surface area contributed by atoms with E-state index in [0.29, 0.717) is 18.7 Å². The maximum absolute atomic E-state index is 13.9. The zero-order valence-corrected chi connectivity index (χ0v) is 16.7. The first-order valence-electron chi connectivity index (χ1n) is 9.36. The fourth-order valence-electron chi connectivity index (χ4n) is 4.19. The summed E-state index contributed by atoms with van der Waals surface area (Å²) in [5.41, 5.74) is 0.317. The van der Waals surface area contributed by atoms with Crippen LogP contribution in [0.4, 0.5) is 14.9 Å². The molecule has 2 aliphatic rings. The van der Waals surface area contributed by atoms with Gasteiger partial charge in [0, 0.05) is 24.3 Å². The molecule has 29 heavy (non-hydrogen) atoms. The molecule has 2 aromatic rings. The third-order valence-electron chi connectivity index (χ3n) is 5.51. The lowest BCUT2D eigenvalue weighted by molar-refractivity contribution is 0.183. The first-order chi connectivity index (χ1) is 13.9. The largest absolute Gasteiger partial charge is 0.494 e. The van der Waals surface area contributed by atoms with Crippen LogP contribution in [0.5, 0.6) is 5.75 Å². The number of amides is 2. The molecule has 7 nitrogen and oxygen atoms in total. The van der Waals surface area contributed by atoms with E-state index < -0.39 is 15.8 Å². The highest BCUT2D eigenvalue weighted by molar-refractivity contribution is 7.89. The average Bonchev–Trinajstić information content (AvgIpc) is 3.29. The number of ether oxygens (including phenoxy) is 1. The van der Waals surface area contributed by atoms with Crippen LogP contribution < -0.4 is 14.8 Å². The van der Waals surface area contributed by atoms with Gasteiger partial charge in [0.25, 0.3) is 0 Å². The number of sulfonamides is 1. The van der Waals surface area contributed by atoms with Crippen LogP contribution in [0.15, 0.2) is 53.4 Å². The fraction of sp³-hybridized carbons (Fsp3) is 0.350. The second kappa shape index (κ2) is 7.64. The summed E-state index contributed by atoms with van der Waals surface area (Å²) in [6, 6.07) is 11.4. The van der Waals surface area contributed by atoms with Gasteiger partial charge in [-0.2, -0.15) is 0 Å². The highest BCUT2D eigenvalue weighted by atomic mass is 32.2. The van der Waals surface area contributed by atoms with Gasteiger partial charge >= 0.3 is 6.03 Å². The number of hydrogen-bond acceptors (Lipinski definition) is 4. The van der Waals surface area contributed by atoms with Crippen molar-refractivity contribution >= 4 is 21.7 Å². The predicted octanol–water partition coefficient (Wildman–Crippen LogP) is 2.81. The number of nitrogens with one attached hydrogen (secondary N) is 2. The van der Waals surface area contributed by atoms with Crippen molar-refractivity contribution in [2.45, 2.75) is 29.8 Å². The van der Waals surface area contributed by atoms with Crippen molar-refractivity contribution in [1.82, 2.24) is 9.62 Å². The quantitative estimate of drug-likeness (QED) is 0.780. The second-order valence-corrected chi connectivity index (χ2v) is 9.09. The number of hydrogen-bond donors (Lipinski definition) is 2. The van der Waals surface area contributed by atoms with E-state index in [2.05, 4.69) is 10.0 Å². The van der Waals surface area contributed by atoms with Gasteiger partial charge in [-0.25, -0.2) is 22.3 Å². The second-order valence-electron chi connectivity index (χ2n) is 7.38. The Hall–Kier alpha value is -2.65. The van der Waals surface area contributed by atoms with Crippen molar-refractivity contribution in [2.24, 2.45) is 5.92 Å². The molecule has 2 N–H and O–H groups in total. The summed E-state index contributed by atoms with van der Waals surface area (Å²) in [6.07, 6.45) is 1.43. The number of fused-ring (bicyclic) bond motifs is 2. The zero-order chi connectivity index (χ0) is 20.6. The first-order valence-corrected chi connectivity index (χ1v) is 10.8. The summed E-state index contributed by atoms with van der Waals surface area (Å²) < 4.78 is 46.8. The molecule has 3 atom stereocenters. The van der Waals surface area contributed by atoms with Crippen molar-refractivity contribution in [1.29, 1.82) is 0 Å². The van der Waals surface area contributed by atoms with E-state index in [1.807, 2.05) is 0 Å². The number of rotatable bonds is 5. The Bertz CT molecular complexity index is 1020. The molecule has 0 aromatic heterocycles. The number of halogens is 1. The SMILES string of the molecule is COc1ccc(NC(=O)N2C[C@@H]3C[C@H](NS(=O)(=O)c4ccccc4)[C@H]2C3)cc1F. The Balaban J connectivity index is 1.45. The third kappa shape index (κ3) is 3.92. The van der Waals surface area contributed by atoms with Gasteiger partial charge < -0.3 is 15.0 Å². The van der Waals surface area contributed by atoms with Gasteiger partial charge in [-0.15, -0.1) is 0 Å². The molecule has 1 saturated heterocycles. The van der Waals surface area contributed by atoms with Crippen molar-refractivity contribution < 1.29 is 22.3 Å². The number of methoxy groups -OCH3 is 1. The van der Waals surface area contributed by atoms with Crippen molar-refractivity contribution in [3.05, 3.63) is 54.3 Å². The van der Waals surface area contributed by atoms with Crippen LogP contribution in [0.3, 0.4) is 0 Å². The Morgan fingerprint density at radius 2 is 1.93 bits per heavy atom. The predicted molar refractivity (Wildman–Crippen MR) is 106 cm³/mol. The lowest BCUT2D eigenvalue weighted by Crippen LogP contribution is -2.52. The minimum atomic E-state index is -3.66. The molecule has 154 valence electrons. The van der Waals surface area contributed by atoms with Gasteiger partial charge in [-0.1, -0.05) is 18.2 Å². The summed E-state index contributed by atoms with van der Waals surface area (Å²) in [7, 11) is -2.29. The molecule has 2 fully saturated rings. The number of urea groups is 1. The smallest absolute Gasteiger partial charge is 0.322 e. The summed E-state index contributed by atoms with van der Waals surface area (Å²) >= 11 is 0. The first kappa shape index (κ1) is 19.7. The van der Waals surface area contributed by atoms with E-state index in [4.69, 9.17) is 4.74 Å². The van der Waals surface area contributed by atoms with E-state index in [-0.39, 0.29) is 34.7 Å². The van der Waals surface area contributed by atoms with Crippen molar-refractivity contribution in [3.8, 4) is 5.75 Å². The summed E-state index contributed by atoms with van der Waals surface area (Å²) in [4.78, 5) is 14.6. The number of likely N-dealkylation sites (tertiary alicyclic amines) is 1. The Labute approximate surface area is 168 Å². The van der Waals surface area contributed by atoms with Crippen molar-refractivity contribution in [2.75, 3.05) is 19.0 Å². The highest BCUT2D eigenvalue weighted by Gasteiger charge is 2.48. The number of benzene rings is 2. The lowest BCUT2D eigenvalue weighted by atomic mass is 10.1. The lowest BCUT2D eigenvalue weighted by Gasteiger charge is -2.33. The molecule has 2 amide bonds. The Morgan fingerprint density at radius 3 is 2.59 bits per heavy atom. The molecule has 4 rings (SSSR count). The number of carbonyl (C=O) groups excluding carboxylic acids is 1. The van der Waals surface area contributed by atoms with Crippen LogP contribution in [-0.2, 0) is 10.0 Å². The number of anilines is 1.